The normalized spacial score (nSPS) is 19.6. The molecule has 3 nitrogen and oxygen atoms in total. The first-order valence-corrected chi connectivity index (χ1v) is 6.28. The molecule has 0 unspecified atom stereocenters. The maximum absolute atomic E-state index is 5.07. The third-order valence-electron chi connectivity index (χ3n) is 3.21. The summed E-state index contributed by atoms with van der Waals surface area (Å²) in [5, 5.41) is 3.45. The van der Waals surface area contributed by atoms with E-state index in [2.05, 4.69) is 17.1 Å². The molecule has 0 saturated carbocycles. The van der Waals surface area contributed by atoms with Gasteiger partial charge in [-0.2, -0.15) is 0 Å². The van der Waals surface area contributed by atoms with E-state index in [-0.39, 0.29) is 0 Å². The number of rotatable bonds is 7. The molecule has 0 bridgehead atoms. The first kappa shape index (κ1) is 12.9. The van der Waals surface area contributed by atoms with Gasteiger partial charge in [-0.1, -0.05) is 6.92 Å². The van der Waals surface area contributed by atoms with Gasteiger partial charge in [-0.3, -0.25) is 0 Å². The summed E-state index contributed by atoms with van der Waals surface area (Å²) in [5.74, 6) is 0.906. The van der Waals surface area contributed by atoms with E-state index in [1.54, 1.807) is 7.11 Å². The third kappa shape index (κ3) is 5.50. The van der Waals surface area contributed by atoms with Crippen molar-refractivity contribution in [2.75, 3.05) is 46.4 Å². The Kier molecular flexibility index (Phi) is 6.98. The molecule has 90 valence electrons. The number of ether oxygens (including phenoxy) is 1. The third-order valence-corrected chi connectivity index (χ3v) is 3.21. The predicted octanol–water partition coefficient (Wildman–Crippen LogP) is 1.34. The van der Waals surface area contributed by atoms with E-state index in [1.807, 2.05) is 0 Å². The minimum atomic E-state index is 0.900. The summed E-state index contributed by atoms with van der Waals surface area (Å²) in [7, 11) is 1.78. The lowest BCUT2D eigenvalue weighted by molar-refractivity contribution is 0.146. The fourth-order valence-electron chi connectivity index (χ4n) is 2.20. The van der Waals surface area contributed by atoms with Gasteiger partial charge in [0.2, 0.25) is 0 Å². The second-order valence-electron chi connectivity index (χ2n) is 4.44. The summed E-state index contributed by atoms with van der Waals surface area (Å²) in [6, 6.07) is 0. The Balaban J connectivity index is 2.02. The van der Waals surface area contributed by atoms with Crippen molar-refractivity contribution >= 4 is 0 Å². The van der Waals surface area contributed by atoms with Crippen LogP contribution >= 0.6 is 0 Å². The zero-order valence-electron chi connectivity index (χ0n) is 10.3. The molecule has 1 saturated heterocycles. The van der Waals surface area contributed by atoms with E-state index in [0.29, 0.717) is 0 Å². The lowest BCUT2D eigenvalue weighted by Gasteiger charge is -2.31. The molecule has 0 radical (unpaired) electrons. The molecule has 0 aromatic carbocycles. The highest BCUT2D eigenvalue weighted by Gasteiger charge is 2.17. The zero-order chi connectivity index (χ0) is 10.9. The quantitative estimate of drug-likeness (QED) is 0.647. The lowest BCUT2D eigenvalue weighted by Crippen LogP contribution is -2.37. The molecule has 1 aliphatic heterocycles. The Labute approximate surface area is 94.2 Å². The standard InChI is InChI=1S/C12H26N2O/c1-3-13-11-12-5-8-14(9-6-12)7-4-10-15-2/h12-13H,3-11H2,1-2H3. The maximum Gasteiger partial charge on any atom is 0.0474 e. The Bertz CT molecular complexity index is 145. The number of piperidine rings is 1. The first-order valence-electron chi connectivity index (χ1n) is 6.28. The maximum atomic E-state index is 5.07. The monoisotopic (exact) mass is 214 g/mol. The van der Waals surface area contributed by atoms with Crippen LogP contribution in [0.2, 0.25) is 0 Å². The molecule has 0 amide bonds. The molecule has 1 N–H and O–H groups in total. The highest BCUT2D eigenvalue weighted by Crippen LogP contribution is 2.16. The first-order chi connectivity index (χ1) is 7.36. The molecule has 15 heavy (non-hydrogen) atoms. The van der Waals surface area contributed by atoms with E-state index < -0.39 is 0 Å². The van der Waals surface area contributed by atoms with Crippen molar-refractivity contribution < 1.29 is 4.74 Å². The van der Waals surface area contributed by atoms with E-state index >= 15 is 0 Å². The van der Waals surface area contributed by atoms with Crippen LogP contribution in [-0.4, -0.2) is 51.3 Å². The number of nitrogens with zero attached hydrogens (tertiary/aromatic N) is 1. The molecule has 0 aromatic heterocycles. The fourth-order valence-corrected chi connectivity index (χ4v) is 2.20. The van der Waals surface area contributed by atoms with Crippen molar-refractivity contribution in [3.05, 3.63) is 0 Å². The van der Waals surface area contributed by atoms with Crippen LogP contribution in [0.15, 0.2) is 0 Å². The van der Waals surface area contributed by atoms with Crippen LogP contribution in [0.25, 0.3) is 0 Å². The molecular weight excluding hydrogens is 188 g/mol. The zero-order valence-corrected chi connectivity index (χ0v) is 10.3. The number of nitrogens with one attached hydrogen (secondary N) is 1. The molecule has 0 atom stereocenters. The molecule has 1 fully saturated rings. The second-order valence-corrected chi connectivity index (χ2v) is 4.44. The van der Waals surface area contributed by atoms with Gasteiger partial charge < -0.3 is 15.0 Å². The van der Waals surface area contributed by atoms with Gasteiger partial charge in [-0.05, 0) is 51.4 Å². The summed E-state index contributed by atoms with van der Waals surface area (Å²) in [6.45, 7) is 9.16. The molecule has 1 heterocycles. The Morgan fingerprint density at radius 3 is 2.67 bits per heavy atom. The summed E-state index contributed by atoms with van der Waals surface area (Å²) < 4.78 is 5.07. The lowest BCUT2D eigenvalue weighted by atomic mass is 9.97. The van der Waals surface area contributed by atoms with Crippen LogP contribution in [0.4, 0.5) is 0 Å². The van der Waals surface area contributed by atoms with E-state index in [9.17, 15) is 0 Å². The summed E-state index contributed by atoms with van der Waals surface area (Å²) >= 11 is 0. The minimum Gasteiger partial charge on any atom is -0.385 e. The van der Waals surface area contributed by atoms with Crippen molar-refractivity contribution in [1.29, 1.82) is 0 Å². The van der Waals surface area contributed by atoms with Crippen LogP contribution in [0.3, 0.4) is 0 Å². The highest BCUT2D eigenvalue weighted by atomic mass is 16.5. The van der Waals surface area contributed by atoms with Gasteiger partial charge in [-0.25, -0.2) is 0 Å². The van der Waals surface area contributed by atoms with Crippen molar-refractivity contribution in [2.45, 2.75) is 26.2 Å². The van der Waals surface area contributed by atoms with Gasteiger partial charge in [0.15, 0.2) is 0 Å². The second kappa shape index (κ2) is 8.08. The van der Waals surface area contributed by atoms with E-state index in [0.717, 1.165) is 19.1 Å². The van der Waals surface area contributed by atoms with Crippen molar-refractivity contribution in [3.8, 4) is 0 Å². The Hall–Kier alpha value is -0.120. The van der Waals surface area contributed by atoms with Gasteiger partial charge in [0, 0.05) is 20.3 Å². The molecule has 0 spiro atoms. The smallest absolute Gasteiger partial charge is 0.0474 e. The molecule has 3 heteroatoms. The van der Waals surface area contributed by atoms with Gasteiger partial charge in [0.25, 0.3) is 0 Å². The Morgan fingerprint density at radius 1 is 1.33 bits per heavy atom. The van der Waals surface area contributed by atoms with Crippen LogP contribution in [0.1, 0.15) is 26.2 Å². The predicted molar refractivity (Wildman–Crippen MR) is 64.2 cm³/mol. The van der Waals surface area contributed by atoms with Crippen molar-refractivity contribution in [2.24, 2.45) is 5.92 Å². The summed E-state index contributed by atoms with van der Waals surface area (Å²) in [5.41, 5.74) is 0. The Morgan fingerprint density at radius 2 is 2.07 bits per heavy atom. The number of hydrogen-bond acceptors (Lipinski definition) is 3. The van der Waals surface area contributed by atoms with E-state index in [4.69, 9.17) is 4.74 Å². The summed E-state index contributed by atoms with van der Waals surface area (Å²) in [4.78, 5) is 2.57. The van der Waals surface area contributed by atoms with Gasteiger partial charge in [0.05, 0.1) is 0 Å². The average Bonchev–Trinajstić information content (AvgIpc) is 2.28. The molecule has 1 rings (SSSR count). The van der Waals surface area contributed by atoms with Crippen molar-refractivity contribution in [1.82, 2.24) is 10.2 Å². The van der Waals surface area contributed by atoms with Gasteiger partial charge >= 0.3 is 0 Å². The van der Waals surface area contributed by atoms with Crippen molar-refractivity contribution in [3.63, 3.8) is 0 Å². The number of likely N-dealkylation sites (tertiary alicyclic amines) is 1. The van der Waals surface area contributed by atoms with Crippen LogP contribution < -0.4 is 5.32 Å². The number of methoxy groups -OCH3 is 1. The highest BCUT2D eigenvalue weighted by molar-refractivity contribution is 4.73. The number of hydrogen-bond donors (Lipinski definition) is 1. The van der Waals surface area contributed by atoms with Crippen LogP contribution in [-0.2, 0) is 4.74 Å². The molecular formula is C12H26N2O. The van der Waals surface area contributed by atoms with Gasteiger partial charge in [-0.15, -0.1) is 0 Å². The fraction of sp³-hybridized carbons (Fsp3) is 1.00. The van der Waals surface area contributed by atoms with E-state index in [1.165, 1.54) is 45.4 Å². The largest absolute Gasteiger partial charge is 0.385 e. The van der Waals surface area contributed by atoms with Crippen LogP contribution in [0, 0.1) is 5.92 Å². The molecule has 0 aromatic rings. The summed E-state index contributed by atoms with van der Waals surface area (Å²) in [6.07, 6.45) is 3.90. The molecule has 1 aliphatic rings. The van der Waals surface area contributed by atoms with Gasteiger partial charge in [0.1, 0.15) is 0 Å². The SMILES string of the molecule is CCNCC1CCN(CCCOC)CC1. The average molecular weight is 214 g/mol. The minimum absolute atomic E-state index is 0.900. The van der Waals surface area contributed by atoms with Crippen LogP contribution in [0.5, 0.6) is 0 Å². The molecule has 0 aliphatic carbocycles. The topological polar surface area (TPSA) is 24.5 Å².